The van der Waals surface area contributed by atoms with E-state index in [1.807, 2.05) is 6.92 Å². The van der Waals surface area contributed by atoms with Gasteiger partial charge in [0.2, 0.25) is 0 Å². The van der Waals surface area contributed by atoms with Crippen LogP contribution < -0.4 is 5.32 Å². The van der Waals surface area contributed by atoms with Crippen molar-refractivity contribution >= 4 is 5.97 Å². The molecule has 0 spiro atoms. The van der Waals surface area contributed by atoms with Crippen LogP contribution in [0.3, 0.4) is 0 Å². The summed E-state index contributed by atoms with van der Waals surface area (Å²) in [6.45, 7) is 2.49. The number of esters is 1. The van der Waals surface area contributed by atoms with E-state index >= 15 is 0 Å². The Bertz CT molecular complexity index is 345. The first kappa shape index (κ1) is 16.7. The number of carbonyl (C=O) groups excluding carboxylic acids is 1. The number of methoxy groups -OCH3 is 2. The first-order chi connectivity index (χ1) is 10.1. The maximum atomic E-state index is 12.0. The maximum absolute atomic E-state index is 12.0. The molecule has 2 saturated carbocycles. The minimum Gasteiger partial charge on any atom is -0.468 e. The summed E-state index contributed by atoms with van der Waals surface area (Å²) in [7, 11) is 3.21. The molecule has 0 saturated heterocycles. The minimum absolute atomic E-state index is 0.198. The van der Waals surface area contributed by atoms with Crippen LogP contribution in [0.4, 0.5) is 0 Å². The van der Waals surface area contributed by atoms with E-state index in [1.165, 1.54) is 7.11 Å². The van der Waals surface area contributed by atoms with Crippen molar-refractivity contribution in [1.29, 1.82) is 0 Å². The Morgan fingerprint density at radius 2 is 1.90 bits per heavy atom. The molecule has 2 aliphatic carbocycles. The fourth-order valence-corrected chi connectivity index (χ4v) is 3.03. The topological polar surface area (TPSA) is 56.8 Å². The van der Waals surface area contributed by atoms with Crippen LogP contribution in [0.25, 0.3) is 0 Å². The van der Waals surface area contributed by atoms with Gasteiger partial charge < -0.3 is 14.2 Å². The lowest BCUT2D eigenvalue weighted by atomic mass is 9.94. The van der Waals surface area contributed by atoms with Gasteiger partial charge in [-0.15, -0.1) is 0 Å². The lowest BCUT2D eigenvalue weighted by molar-refractivity contribution is -0.149. The largest absolute Gasteiger partial charge is 0.468 e. The molecule has 0 aromatic carbocycles. The van der Waals surface area contributed by atoms with Crippen LogP contribution in [0.5, 0.6) is 0 Å². The first-order valence-corrected chi connectivity index (χ1v) is 8.08. The number of rotatable bonds is 8. The molecule has 0 amide bonds. The Balaban J connectivity index is 1.77. The molecule has 1 N–H and O–H groups in total. The minimum atomic E-state index is -0.634. The van der Waals surface area contributed by atoms with Crippen LogP contribution in [0.2, 0.25) is 0 Å². The molecule has 5 heteroatoms. The Hall–Kier alpha value is -0.650. The van der Waals surface area contributed by atoms with Gasteiger partial charge in [0.15, 0.2) is 0 Å². The average molecular weight is 299 g/mol. The number of ether oxygens (including phenoxy) is 3. The van der Waals surface area contributed by atoms with Crippen molar-refractivity contribution in [3.8, 4) is 0 Å². The summed E-state index contributed by atoms with van der Waals surface area (Å²) in [5.74, 6) is -0.198. The summed E-state index contributed by atoms with van der Waals surface area (Å²) < 4.78 is 16.3. The number of hydrogen-bond acceptors (Lipinski definition) is 5. The third-order valence-corrected chi connectivity index (χ3v) is 4.60. The highest BCUT2D eigenvalue weighted by molar-refractivity contribution is 5.80. The molecule has 0 aromatic heterocycles. The summed E-state index contributed by atoms with van der Waals surface area (Å²) in [4.78, 5) is 12.0. The Labute approximate surface area is 127 Å². The Kier molecular flexibility index (Phi) is 6.02. The zero-order chi connectivity index (χ0) is 15.3. The molecule has 2 fully saturated rings. The zero-order valence-corrected chi connectivity index (χ0v) is 13.5. The molecule has 0 aliphatic heterocycles. The summed E-state index contributed by atoms with van der Waals surface area (Å²) in [5.41, 5.74) is -0.634. The molecule has 0 heterocycles. The molecule has 122 valence electrons. The van der Waals surface area contributed by atoms with Gasteiger partial charge in [-0.05, 0) is 51.9 Å². The molecule has 2 rings (SSSR count). The standard InChI is InChI=1S/C16H29NO4/c1-16(15(18)20-3,17-12-7-8-12)9-10-21-14-6-4-5-13(11-14)19-2/h12-14,17H,4-11H2,1-3H3. The van der Waals surface area contributed by atoms with Gasteiger partial charge >= 0.3 is 5.97 Å². The molecule has 3 atom stereocenters. The molecule has 0 bridgehead atoms. The summed E-state index contributed by atoms with van der Waals surface area (Å²) in [6.07, 6.45) is 7.83. The van der Waals surface area contributed by atoms with Crippen molar-refractivity contribution in [3.63, 3.8) is 0 Å². The van der Waals surface area contributed by atoms with Crippen LogP contribution in [0, 0.1) is 0 Å². The SMILES string of the molecule is COC(=O)C(C)(CCOC1CCCC(OC)C1)NC1CC1. The average Bonchev–Trinajstić information content (AvgIpc) is 3.30. The van der Waals surface area contributed by atoms with Crippen molar-refractivity contribution in [3.05, 3.63) is 0 Å². The maximum Gasteiger partial charge on any atom is 0.325 e. The molecule has 2 aliphatic rings. The van der Waals surface area contributed by atoms with Crippen LogP contribution in [0.1, 0.15) is 51.9 Å². The highest BCUT2D eigenvalue weighted by Gasteiger charge is 2.39. The lowest BCUT2D eigenvalue weighted by Gasteiger charge is -2.31. The van der Waals surface area contributed by atoms with Gasteiger partial charge in [-0.25, -0.2) is 0 Å². The van der Waals surface area contributed by atoms with Crippen LogP contribution in [-0.2, 0) is 19.0 Å². The van der Waals surface area contributed by atoms with E-state index in [1.54, 1.807) is 7.11 Å². The molecule has 21 heavy (non-hydrogen) atoms. The van der Waals surface area contributed by atoms with Gasteiger partial charge in [0.25, 0.3) is 0 Å². The lowest BCUT2D eigenvalue weighted by Crippen LogP contribution is -2.52. The second-order valence-electron chi connectivity index (χ2n) is 6.51. The van der Waals surface area contributed by atoms with E-state index in [0.29, 0.717) is 25.2 Å². The van der Waals surface area contributed by atoms with Gasteiger partial charge in [-0.1, -0.05) is 0 Å². The summed E-state index contributed by atoms with van der Waals surface area (Å²) in [6, 6.07) is 0.460. The second kappa shape index (κ2) is 7.56. The van der Waals surface area contributed by atoms with E-state index in [2.05, 4.69) is 5.32 Å². The first-order valence-electron chi connectivity index (χ1n) is 8.08. The highest BCUT2D eigenvalue weighted by atomic mass is 16.5. The van der Waals surface area contributed by atoms with Gasteiger partial charge in [0, 0.05) is 19.8 Å². The Morgan fingerprint density at radius 3 is 2.52 bits per heavy atom. The van der Waals surface area contributed by atoms with Crippen LogP contribution >= 0.6 is 0 Å². The predicted octanol–water partition coefficient (Wildman–Crippen LogP) is 2.03. The monoisotopic (exact) mass is 299 g/mol. The number of hydrogen-bond donors (Lipinski definition) is 1. The van der Waals surface area contributed by atoms with E-state index in [0.717, 1.165) is 38.5 Å². The quantitative estimate of drug-likeness (QED) is 0.695. The van der Waals surface area contributed by atoms with Crippen molar-refractivity contribution in [2.75, 3.05) is 20.8 Å². The molecule has 0 radical (unpaired) electrons. The summed E-state index contributed by atoms with van der Waals surface area (Å²) in [5, 5.41) is 3.40. The highest BCUT2D eigenvalue weighted by Crippen LogP contribution is 2.26. The molecule has 3 unspecified atom stereocenters. The predicted molar refractivity (Wildman–Crippen MR) is 80.2 cm³/mol. The molecular weight excluding hydrogens is 270 g/mol. The summed E-state index contributed by atoms with van der Waals surface area (Å²) >= 11 is 0. The number of nitrogens with one attached hydrogen (secondary N) is 1. The van der Waals surface area contributed by atoms with E-state index in [4.69, 9.17) is 14.2 Å². The van der Waals surface area contributed by atoms with Gasteiger partial charge in [-0.3, -0.25) is 10.1 Å². The van der Waals surface area contributed by atoms with E-state index in [9.17, 15) is 4.79 Å². The van der Waals surface area contributed by atoms with Crippen molar-refractivity contribution in [2.24, 2.45) is 0 Å². The number of carbonyl (C=O) groups is 1. The van der Waals surface area contributed by atoms with Gasteiger partial charge in [-0.2, -0.15) is 0 Å². The van der Waals surface area contributed by atoms with E-state index in [-0.39, 0.29) is 12.1 Å². The third-order valence-electron chi connectivity index (χ3n) is 4.60. The van der Waals surface area contributed by atoms with Crippen molar-refractivity contribution in [1.82, 2.24) is 5.32 Å². The zero-order valence-electron chi connectivity index (χ0n) is 13.5. The van der Waals surface area contributed by atoms with Crippen molar-refractivity contribution < 1.29 is 19.0 Å². The molecule has 5 nitrogen and oxygen atoms in total. The van der Waals surface area contributed by atoms with Gasteiger partial charge in [0.1, 0.15) is 5.54 Å². The fraction of sp³-hybridized carbons (Fsp3) is 0.938. The second-order valence-corrected chi connectivity index (χ2v) is 6.51. The van der Waals surface area contributed by atoms with Crippen LogP contribution in [0.15, 0.2) is 0 Å². The smallest absolute Gasteiger partial charge is 0.325 e. The molecular formula is C16H29NO4. The Morgan fingerprint density at radius 1 is 1.19 bits per heavy atom. The normalized spacial score (nSPS) is 28.9. The van der Waals surface area contributed by atoms with Crippen molar-refractivity contribution in [2.45, 2.75) is 75.7 Å². The molecule has 0 aromatic rings. The van der Waals surface area contributed by atoms with Crippen LogP contribution in [-0.4, -0.2) is 50.6 Å². The fourth-order valence-electron chi connectivity index (χ4n) is 3.03. The van der Waals surface area contributed by atoms with E-state index < -0.39 is 5.54 Å². The van der Waals surface area contributed by atoms with Gasteiger partial charge in [0.05, 0.1) is 19.3 Å². The third kappa shape index (κ3) is 4.94.